The normalized spacial score (nSPS) is 11.4. The molecule has 9 heteroatoms. The van der Waals surface area contributed by atoms with Crippen molar-refractivity contribution >= 4 is 28.6 Å². The average Bonchev–Trinajstić information content (AvgIpc) is 2.17. The highest BCUT2D eigenvalue weighted by Gasteiger charge is 2.33. The predicted octanol–water partition coefficient (Wildman–Crippen LogP) is 2.75. The van der Waals surface area contributed by atoms with Crippen molar-refractivity contribution in [2.75, 3.05) is 0 Å². The van der Waals surface area contributed by atoms with Crippen LogP contribution in [0.4, 0.5) is 17.6 Å². The number of ether oxygens (including phenoxy) is 1. The van der Waals surface area contributed by atoms with E-state index in [0.29, 0.717) is 0 Å². The van der Waals surface area contributed by atoms with Crippen LogP contribution in [0.2, 0.25) is 0 Å². The zero-order valence-electron chi connectivity index (χ0n) is 7.89. The SMILES string of the molecule is O=C(O)c1nc(OC(F)(F)F)c(CF)cc1I. The molecular weight excluding hydrogens is 361 g/mol. The first-order valence-electron chi connectivity index (χ1n) is 3.99. The lowest BCUT2D eigenvalue weighted by molar-refractivity contribution is -0.276. The molecule has 0 aromatic carbocycles. The van der Waals surface area contributed by atoms with Gasteiger partial charge in [0.1, 0.15) is 6.67 Å². The quantitative estimate of drug-likeness (QED) is 0.661. The van der Waals surface area contributed by atoms with Gasteiger partial charge in [-0.1, -0.05) is 0 Å². The number of carboxylic acids is 1. The first-order valence-corrected chi connectivity index (χ1v) is 5.07. The highest BCUT2D eigenvalue weighted by atomic mass is 127. The minimum absolute atomic E-state index is 0.0253. The average molecular weight is 365 g/mol. The maximum atomic E-state index is 12.4. The summed E-state index contributed by atoms with van der Waals surface area (Å²) in [5, 5.41) is 8.65. The third-order valence-corrected chi connectivity index (χ3v) is 2.40. The van der Waals surface area contributed by atoms with Crippen LogP contribution in [0.1, 0.15) is 16.1 Å². The summed E-state index contributed by atoms with van der Waals surface area (Å²) < 4.78 is 51.8. The molecule has 1 N–H and O–H groups in total. The molecule has 0 aliphatic rings. The first-order chi connectivity index (χ1) is 7.74. The number of hydrogen-bond acceptors (Lipinski definition) is 3. The second-order valence-corrected chi connectivity index (χ2v) is 3.93. The van der Waals surface area contributed by atoms with Crippen molar-refractivity contribution in [1.29, 1.82) is 0 Å². The molecule has 1 aromatic heterocycles. The molecule has 0 saturated carbocycles. The van der Waals surface area contributed by atoms with Crippen LogP contribution in [0.15, 0.2) is 6.07 Å². The molecular formula is C8H4F4INO3. The Bertz CT molecular complexity index is 449. The van der Waals surface area contributed by atoms with Crippen LogP contribution in [0.5, 0.6) is 5.88 Å². The second-order valence-electron chi connectivity index (χ2n) is 2.77. The standard InChI is InChI=1S/C8H4F4INO3/c9-2-3-1-4(13)5(7(15)16)14-6(3)17-8(10,11)12/h1H,2H2,(H,15,16). The Balaban J connectivity index is 3.26. The Labute approximate surface area is 106 Å². The summed E-state index contributed by atoms with van der Waals surface area (Å²) in [5.74, 6) is -2.61. The molecule has 17 heavy (non-hydrogen) atoms. The Morgan fingerprint density at radius 3 is 2.53 bits per heavy atom. The molecule has 1 heterocycles. The maximum Gasteiger partial charge on any atom is 0.574 e. The van der Waals surface area contributed by atoms with Crippen LogP contribution in [0.25, 0.3) is 0 Å². The number of carboxylic acid groups (broad SMARTS) is 1. The van der Waals surface area contributed by atoms with Gasteiger partial charge in [-0.15, -0.1) is 13.2 Å². The Hall–Kier alpha value is -1.13. The van der Waals surface area contributed by atoms with Crippen molar-refractivity contribution in [3.05, 3.63) is 20.9 Å². The molecule has 0 amide bonds. The van der Waals surface area contributed by atoms with E-state index in [1.165, 1.54) is 22.6 Å². The number of aromatic carboxylic acids is 1. The number of aromatic nitrogens is 1. The molecule has 0 spiro atoms. The van der Waals surface area contributed by atoms with Gasteiger partial charge in [0.15, 0.2) is 5.69 Å². The van der Waals surface area contributed by atoms with Crippen molar-refractivity contribution < 1.29 is 32.2 Å². The number of halogens is 5. The predicted molar refractivity (Wildman–Crippen MR) is 55.4 cm³/mol. The molecule has 0 saturated heterocycles. The summed E-state index contributed by atoms with van der Waals surface area (Å²) in [6.45, 7) is -1.24. The fraction of sp³-hybridized carbons (Fsp3) is 0.250. The van der Waals surface area contributed by atoms with E-state index in [1.54, 1.807) is 0 Å². The van der Waals surface area contributed by atoms with E-state index in [9.17, 15) is 22.4 Å². The maximum absolute atomic E-state index is 12.4. The summed E-state index contributed by atoms with van der Waals surface area (Å²) in [5.41, 5.74) is -1.08. The van der Waals surface area contributed by atoms with E-state index >= 15 is 0 Å². The van der Waals surface area contributed by atoms with Crippen molar-refractivity contribution in [2.45, 2.75) is 13.0 Å². The van der Waals surface area contributed by atoms with Crippen molar-refractivity contribution in [2.24, 2.45) is 0 Å². The van der Waals surface area contributed by atoms with Gasteiger partial charge < -0.3 is 9.84 Å². The number of carbonyl (C=O) groups is 1. The van der Waals surface area contributed by atoms with Crippen LogP contribution in [-0.2, 0) is 6.67 Å². The molecule has 94 valence electrons. The highest BCUT2D eigenvalue weighted by Crippen LogP contribution is 2.27. The van der Waals surface area contributed by atoms with Gasteiger partial charge in [0.25, 0.3) is 0 Å². The van der Waals surface area contributed by atoms with E-state index in [2.05, 4.69) is 9.72 Å². The minimum atomic E-state index is -5.06. The Morgan fingerprint density at radius 1 is 1.53 bits per heavy atom. The lowest BCUT2D eigenvalue weighted by Gasteiger charge is -2.12. The lowest BCUT2D eigenvalue weighted by atomic mass is 10.2. The van der Waals surface area contributed by atoms with Crippen LogP contribution < -0.4 is 4.74 Å². The van der Waals surface area contributed by atoms with E-state index in [4.69, 9.17) is 5.11 Å². The molecule has 0 atom stereocenters. The Kier molecular flexibility index (Phi) is 4.11. The third kappa shape index (κ3) is 3.68. The van der Waals surface area contributed by atoms with E-state index in [0.717, 1.165) is 6.07 Å². The summed E-state index contributed by atoms with van der Waals surface area (Å²) >= 11 is 1.53. The van der Waals surface area contributed by atoms with Crippen molar-refractivity contribution in [3.63, 3.8) is 0 Å². The van der Waals surface area contributed by atoms with Crippen LogP contribution in [-0.4, -0.2) is 22.4 Å². The van der Waals surface area contributed by atoms with Crippen LogP contribution >= 0.6 is 22.6 Å². The molecule has 0 unspecified atom stereocenters. The number of rotatable bonds is 3. The lowest BCUT2D eigenvalue weighted by Crippen LogP contribution is -2.20. The molecule has 0 aliphatic heterocycles. The number of hydrogen-bond donors (Lipinski definition) is 1. The van der Waals surface area contributed by atoms with Gasteiger partial charge in [0, 0.05) is 9.13 Å². The molecule has 0 fully saturated rings. The van der Waals surface area contributed by atoms with Gasteiger partial charge in [0.2, 0.25) is 5.88 Å². The zero-order valence-corrected chi connectivity index (χ0v) is 10.0. The Morgan fingerprint density at radius 2 is 2.12 bits per heavy atom. The summed E-state index contributed by atoms with van der Waals surface area (Å²) in [6, 6.07) is 0.943. The largest absolute Gasteiger partial charge is 0.574 e. The van der Waals surface area contributed by atoms with Gasteiger partial charge in [-0.3, -0.25) is 0 Å². The van der Waals surface area contributed by atoms with E-state index in [-0.39, 0.29) is 3.57 Å². The monoisotopic (exact) mass is 365 g/mol. The van der Waals surface area contributed by atoms with Crippen LogP contribution in [0.3, 0.4) is 0 Å². The van der Waals surface area contributed by atoms with Gasteiger partial charge in [-0.05, 0) is 28.7 Å². The number of pyridine rings is 1. The molecule has 0 bridgehead atoms. The van der Waals surface area contributed by atoms with Crippen molar-refractivity contribution in [3.8, 4) is 5.88 Å². The summed E-state index contributed by atoms with van der Waals surface area (Å²) in [4.78, 5) is 13.8. The topological polar surface area (TPSA) is 59.4 Å². The molecule has 1 aromatic rings. The van der Waals surface area contributed by atoms with Crippen molar-refractivity contribution in [1.82, 2.24) is 4.98 Å². The molecule has 1 rings (SSSR count). The zero-order chi connectivity index (χ0) is 13.2. The smallest absolute Gasteiger partial charge is 0.476 e. The van der Waals surface area contributed by atoms with Gasteiger partial charge in [-0.25, -0.2) is 14.2 Å². The van der Waals surface area contributed by atoms with Gasteiger partial charge >= 0.3 is 12.3 Å². The number of alkyl halides is 4. The summed E-state index contributed by atoms with van der Waals surface area (Å²) in [7, 11) is 0. The first kappa shape index (κ1) is 13.9. The molecule has 4 nitrogen and oxygen atoms in total. The van der Waals surface area contributed by atoms with Gasteiger partial charge in [0.05, 0.1) is 0 Å². The fourth-order valence-corrected chi connectivity index (χ4v) is 1.68. The highest BCUT2D eigenvalue weighted by molar-refractivity contribution is 14.1. The van der Waals surface area contributed by atoms with E-state index in [1.807, 2.05) is 0 Å². The second kappa shape index (κ2) is 5.02. The van der Waals surface area contributed by atoms with E-state index < -0.39 is 36.1 Å². The molecule has 0 radical (unpaired) electrons. The molecule has 0 aliphatic carbocycles. The van der Waals surface area contributed by atoms with Crippen LogP contribution in [0, 0.1) is 3.57 Å². The number of nitrogens with zero attached hydrogens (tertiary/aromatic N) is 1. The fourth-order valence-electron chi connectivity index (χ4n) is 0.954. The third-order valence-electron chi connectivity index (χ3n) is 1.57. The van der Waals surface area contributed by atoms with Gasteiger partial charge in [-0.2, -0.15) is 0 Å². The summed E-state index contributed by atoms with van der Waals surface area (Å²) in [6.07, 6.45) is -5.06. The minimum Gasteiger partial charge on any atom is -0.476 e.